The maximum Gasteiger partial charge on any atom is 0.387 e. The summed E-state index contributed by atoms with van der Waals surface area (Å²) in [7, 11) is 0. The molecule has 3 aromatic rings. The molecular formula is C26H26F2N2O4. The molecule has 2 aliphatic rings. The van der Waals surface area contributed by atoms with E-state index in [-0.39, 0.29) is 34.3 Å². The Bertz CT molecular complexity index is 1360. The highest BCUT2D eigenvalue weighted by Gasteiger charge is 2.31. The lowest BCUT2D eigenvalue weighted by Crippen LogP contribution is -2.27. The van der Waals surface area contributed by atoms with Gasteiger partial charge < -0.3 is 14.4 Å². The molecule has 1 fully saturated rings. The molecule has 178 valence electrons. The Hall–Kier alpha value is -3.26. The Morgan fingerprint density at radius 3 is 2.53 bits per heavy atom. The third-order valence-electron chi connectivity index (χ3n) is 6.94. The Kier molecular flexibility index (Phi) is 5.43. The second-order valence-electron chi connectivity index (χ2n) is 9.39. The summed E-state index contributed by atoms with van der Waals surface area (Å²) in [4.78, 5) is 26.9. The third kappa shape index (κ3) is 3.66. The van der Waals surface area contributed by atoms with Crippen LogP contribution < -0.4 is 10.2 Å². The van der Waals surface area contributed by atoms with Crippen LogP contribution in [0.1, 0.15) is 67.2 Å². The number of rotatable bonds is 6. The quantitative estimate of drug-likeness (QED) is 0.511. The van der Waals surface area contributed by atoms with Crippen molar-refractivity contribution in [2.75, 3.05) is 0 Å². The van der Waals surface area contributed by atoms with Crippen LogP contribution in [0.3, 0.4) is 0 Å². The van der Waals surface area contributed by atoms with E-state index >= 15 is 0 Å². The predicted molar refractivity (Wildman–Crippen MR) is 125 cm³/mol. The van der Waals surface area contributed by atoms with E-state index < -0.39 is 18.0 Å². The smallest absolute Gasteiger partial charge is 0.387 e. The molecule has 6 nitrogen and oxygen atoms in total. The van der Waals surface area contributed by atoms with E-state index in [1.54, 1.807) is 10.6 Å². The van der Waals surface area contributed by atoms with Crippen molar-refractivity contribution in [1.82, 2.24) is 9.47 Å². The van der Waals surface area contributed by atoms with E-state index in [0.717, 1.165) is 24.9 Å². The summed E-state index contributed by atoms with van der Waals surface area (Å²) in [6.45, 7) is 4.10. The fourth-order valence-corrected chi connectivity index (χ4v) is 5.11. The molecule has 1 saturated carbocycles. The van der Waals surface area contributed by atoms with E-state index in [1.807, 2.05) is 18.2 Å². The van der Waals surface area contributed by atoms with Gasteiger partial charge in [-0.1, -0.05) is 12.1 Å². The van der Waals surface area contributed by atoms with Crippen molar-refractivity contribution in [2.24, 2.45) is 0 Å². The summed E-state index contributed by atoms with van der Waals surface area (Å²) in [5, 5.41) is 9.56. The molecule has 1 aliphatic heterocycles. The highest BCUT2D eigenvalue weighted by atomic mass is 19.3. The van der Waals surface area contributed by atoms with Crippen molar-refractivity contribution in [3.63, 3.8) is 0 Å². The molecule has 0 bridgehead atoms. The van der Waals surface area contributed by atoms with E-state index in [4.69, 9.17) is 4.74 Å². The number of pyridine rings is 1. The van der Waals surface area contributed by atoms with Crippen LogP contribution in [-0.2, 0) is 6.54 Å². The molecule has 8 heteroatoms. The fourth-order valence-electron chi connectivity index (χ4n) is 5.11. The molecular weight excluding hydrogens is 442 g/mol. The zero-order valence-electron chi connectivity index (χ0n) is 19.2. The van der Waals surface area contributed by atoms with Crippen LogP contribution in [0.4, 0.5) is 8.78 Å². The topological polar surface area (TPSA) is 71.8 Å². The molecule has 0 saturated heterocycles. The highest BCUT2D eigenvalue weighted by Crippen LogP contribution is 2.44. The number of hydrogen-bond donors (Lipinski definition) is 1. The van der Waals surface area contributed by atoms with Gasteiger partial charge in [0.25, 0.3) is 0 Å². The van der Waals surface area contributed by atoms with Gasteiger partial charge in [-0.15, -0.1) is 0 Å². The molecule has 5 rings (SSSR count). The number of aromatic nitrogens is 1. The largest absolute Gasteiger partial charge is 0.477 e. The minimum Gasteiger partial charge on any atom is -0.477 e. The monoisotopic (exact) mass is 468 g/mol. The summed E-state index contributed by atoms with van der Waals surface area (Å²) >= 11 is 0. The number of carboxylic acid groups (broad SMARTS) is 1. The first-order valence-corrected chi connectivity index (χ1v) is 11.5. The molecule has 0 amide bonds. The lowest BCUT2D eigenvalue weighted by molar-refractivity contribution is -0.0486. The van der Waals surface area contributed by atoms with Crippen molar-refractivity contribution in [3.05, 3.63) is 63.4 Å². The molecule has 1 unspecified atom stereocenters. The second-order valence-corrected chi connectivity index (χ2v) is 9.39. The molecule has 1 atom stereocenters. The lowest BCUT2D eigenvalue weighted by Gasteiger charge is -2.25. The van der Waals surface area contributed by atoms with Gasteiger partial charge in [0, 0.05) is 36.4 Å². The van der Waals surface area contributed by atoms with Crippen molar-refractivity contribution in [3.8, 4) is 16.9 Å². The van der Waals surface area contributed by atoms with Crippen LogP contribution in [0.5, 0.6) is 5.75 Å². The van der Waals surface area contributed by atoms with Gasteiger partial charge in [0.2, 0.25) is 5.43 Å². The average molecular weight is 469 g/mol. The summed E-state index contributed by atoms with van der Waals surface area (Å²) in [5.41, 5.74) is 2.62. The summed E-state index contributed by atoms with van der Waals surface area (Å²) < 4.78 is 33.9. The van der Waals surface area contributed by atoms with Crippen LogP contribution in [-0.4, -0.2) is 33.2 Å². The molecule has 1 aromatic heterocycles. The van der Waals surface area contributed by atoms with Gasteiger partial charge in [-0.05, 0) is 68.5 Å². The number of nitrogens with zero attached hydrogens (tertiary/aromatic N) is 2. The van der Waals surface area contributed by atoms with Gasteiger partial charge in [-0.25, -0.2) is 4.79 Å². The van der Waals surface area contributed by atoms with Crippen LogP contribution in [0, 0.1) is 0 Å². The Balaban J connectivity index is 1.74. The number of alkyl halides is 2. The number of ether oxygens (including phenoxy) is 1. The first kappa shape index (κ1) is 22.5. The average Bonchev–Trinajstić information content (AvgIpc) is 3.56. The van der Waals surface area contributed by atoms with E-state index in [9.17, 15) is 23.5 Å². The molecule has 1 aliphatic carbocycles. The van der Waals surface area contributed by atoms with Crippen LogP contribution in [0.25, 0.3) is 22.0 Å². The van der Waals surface area contributed by atoms with Gasteiger partial charge >= 0.3 is 12.6 Å². The predicted octanol–water partition coefficient (Wildman–Crippen LogP) is 5.59. The first-order valence-electron chi connectivity index (χ1n) is 11.5. The minimum absolute atomic E-state index is 0.0584. The SMILES string of the molecule is CC(C)N1Cc2cc(-c3ccc4c(=O)c(C(=O)O)cn(C5CC5)c4c3OC(F)F)ccc2C1C. The molecule has 34 heavy (non-hydrogen) atoms. The number of hydrogen-bond acceptors (Lipinski definition) is 4. The maximum absolute atomic E-state index is 13.6. The Morgan fingerprint density at radius 2 is 1.91 bits per heavy atom. The highest BCUT2D eigenvalue weighted by molar-refractivity contribution is 5.97. The molecule has 1 N–H and O–H groups in total. The molecule has 2 heterocycles. The van der Waals surface area contributed by atoms with Gasteiger partial charge in [0.15, 0.2) is 5.75 Å². The molecule has 0 spiro atoms. The standard InChI is InChI=1S/C26H26F2N2O4/c1-13(2)29-11-16-10-15(4-7-18(16)14(29)3)19-8-9-20-22(24(19)34-26(27)28)30(17-5-6-17)12-21(23(20)31)25(32)33/h4,7-10,12-14,17,26H,5-6,11H2,1-3H3,(H,32,33). The molecule has 2 aromatic carbocycles. The van der Waals surface area contributed by atoms with Gasteiger partial charge in [0.1, 0.15) is 5.56 Å². The van der Waals surface area contributed by atoms with Crippen LogP contribution >= 0.6 is 0 Å². The van der Waals surface area contributed by atoms with Crippen LogP contribution in [0.2, 0.25) is 0 Å². The van der Waals surface area contributed by atoms with E-state index in [1.165, 1.54) is 17.8 Å². The summed E-state index contributed by atoms with van der Waals surface area (Å²) in [5.74, 6) is -1.44. The number of carboxylic acids is 1. The van der Waals surface area contributed by atoms with E-state index in [2.05, 4.69) is 25.7 Å². The first-order chi connectivity index (χ1) is 16.2. The summed E-state index contributed by atoms with van der Waals surface area (Å²) in [6.07, 6.45) is 2.81. The zero-order valence-corrected chi connectivity index (χ0v) is 19.2. The van der Waals surface area contributed by atoms with Crippen molar-refractivity contribution in [1.29, 1.82) is 0 Å². The summed E-state index contributed by atoms with van der Waals surface area (Å²) in [6, 6.07) is 9.57. The number of aromatic carboxylic acids is 1. The number of benzene rings is 2. The third-order valence-corrected chi connectivity index (χ3v) is 6.94. The van der Waals surface area contributed by atoms with Crippen molar-refractivity contribution < 1.29 is 23.4 Å². The zero-order chi connectivity index (χ0) is 24.3. The minimum atomic E-state index is -3.10. The Labute approximate surface area is 195 Å². The maximum atomic E-state index is 13.6. The van der Waals surface area contributed by atoms with Crippen molar-refractivity contribution >= 4 is 16.9 Å². The van der Waals surface area contributed by atoms with E-state index in [0.29, 0.717) is 17.2 Å². The van der Waals surface area contributed by atoms with Gasteiger partial charge in [-0.3, -0.25) is 9.69 Å². The molecule has 0 radical (unpaired) electrons. The number of carbonyl (C=O) groups is 1. The van der Waals surface area contributed by atoms with Gasteiger partial charge in [-0.2, -0.15) is 8.78 Å². The van der Waals surface area contributed by atoms with Gasteiger partial charge in [0.05, 0.1) is 10.9 Å². The number of fused-ring (bicyclic) bond motifs is 2. The van der Waals surface area contributed by atoms with Crippen molar-refractivity contribution in [2.45, 2.75) is 64.9 Å². The number of halogens is 2. The lowest BCUT2D eigenvalue weighted by atomic mass is 9.96. The fraction of sp³-hybridized carbons (Fsp3) is 0.385. The normalized spacial score (nSPS) is 18.1. The van der Waals surface area contributed by atoms with Crippen LogP contribution in [0.15, 0.2) is 41.3 Å². The Morgan fingerprint density at radius 1 is 1.18 bits per heavy atom. The second kappa shape index (κ2) is 8.20.